The molecule has 0 fully saturated rings. The molecule has 1 aromatic heterocycles. The number of aryl methyl sites for hydroxylation is 2. The number of imidazole rings is 1. The number of rotatable bonds is 9. The largest absolute Gasteiger partial charge is 0.486 e. The number of nitrogens with two attached hydrogens (primary N) is 1. The summed E-state index contributed by atoms with van der Waals surface area (Å²) in [4.78, 5) is 7.12. The number of aromatic nitrogens is 2. The predicted octanol–water partition coefficient (Wildman–Crippen LogP) is 2.43. The number of hydrogen-bond acceptors (Lipinski definition) is 5. The fourth-order valence-corrected chi connectivity index (χ4v) is 3.30. The molecule has 0 aliphatic carbocycles. The minimum absolute atomic E-state index is 0.605. The number of unbranched alkanes of at least 4 members (excludes halogenated alkanes) is 2. The highest BCUT2D eigenvalue weighted by Crippen LogP contribution is 2.35. The molecule has 6 nitrogen and oxygen atoms in total. The van der Waals surface area contributed by atoms with Crippen molar-refractivity contribution >= 4 is 11.0 Å². The van der Waals surface area contributed by atoms with E-state index in [4.69, 9.17) is 20.2 Å². The van der Waals surface area contributed by atoms with E-state index in [9.17, 15) is 0 Å². The van der Waals surface area contributed by atoms with Crippen LogP contribution in [0, 0.1) is 0 Å². The lowest BCUT2D eigenvalue weighted by molar-refractivity contribution is 0.172. The van der Waals surface area contributed by atoms with Crippen LogP contribution in [-0.2, 0) is 13.0 Å². The van der Waals surface area contributed by atoms with Gasteiger partial charge in [0.1, 0.15) is 19.0 Å². The number of hydrogen-bond donors (Lipinski definition) is 1. The Bertz CT molecular complexity index is 696. The van der Waals surface area contributed by atoms with Crippen molar-refractivity contribution in [3.8, 4) is 11.5 Å². The molecule has 0 unspecified atom stereocenters. The van der Waals surface area contributed by atoms with Crippen LogP contribution in [0.3, 0.4) is 0 Å². The molecular formula is C19H30N4O2. The molecular weight excluding hydrogens is 316 g/mol. The van der Waals surface area contributed by atoms with Crippen molar-refractivity contribution in [3.63, 3.8) is 0 Å². The molecule has 0 amide bonds. The predicted molar refractivity (Wildman–Crippen MR) is 101 cm³/mol. The van der Waals surface area contributed by atoms with Crippen molar-refractivity contribution in [1.82, 2.24) is 14.5 Å². The summed E-state index contributed by atoms with van der Waals surface area (Å²) in [5.41, 5.74) is 7.76. The summed E-state index contributed by atoms with van der Waals surface area (Å²) in [5.74, 6) is 2.81. The van der Waals surface area contributed by atoms with E-state index in [1.54, 1.807) is 0 Å². The summed E-state index contributed by atoms with van der Waals surface area (Å²) in [6, 6.07) is 4.12. The van der Waals surface area contributed by atoms with Gasteiger partial charge in [0, 0.05) is 25.1 Å². The van der Waals surface area contributed by atoms with Gasteiger partial charge in [-0.05, 0) is 46.4 Å². The molecule has 0 saturated heterocycles. The van der Waals surface area contributed by atoms with Gasteiger partial charge >= 0.3 is 0 Å². The van der Waals surface area contributed by atoms with Gasteiger partial charge in [-0.1, -0.05) is 6.42 Å². The minimum Gasteiger partial charge on any atom is -0.486 e. The molecule has 1 aliphatic heterocycles. The number of fused-ring (bicyclic) bond motifs is 2. The van der Waals surface area contributed by atoms with Gasteiger partial charge in [0.25, 0.3) is 0 Å². The molecule has 3 rings (SSSR count). The average Bonchev–Trinajstić information content (AvgIpc) is 2.93. The first-order valence-corrected chi connectivity index (χ1v) is 9.32. The molecule has 138 valence electrons. The fraction of sp³-hybridized carbons (Fsp3) is 0.632. The van der Waals surface area contributed by atoms with E-state index in [1.165, 1.54) is 0 Å². The van der Waals surface area contributed by atoms with Crippen LogP contribution in [-0.4, -0.2) is 54.8 Å². The zero-order valence-electron chi connectivity index (χ0n) is 15.5. The molecule has 2 heterocycles. The molecule has 0 radical (unpaired) electrons. The highest BCUT2D eigenvalue weighted by molar-refractivity contribution is 5.80. The van der Waals surface area contributed by atoms with Crippen LogP contribution < -0.4 is 15.2 Å². The van der Waals surface area contributed by atoms with Crippen molar-refractivity contribution < 1.29 is 9.47 Å². The van der Waals surface area contributed by atoms with Crippen molar-refractivity contribution in [3.05, 3.63) is 18.0 Å². The van der Waals surface area contributed by atoms with Crippen LogP contribution in [0.2, 0.25) is 0 Å². The summed E-state index contributed by atoms with van der Waals surface area (Å²) >= 11 is 0. The molecule has 0 saturated carbocycles. The van der Waals surface area contributed by atoms with E-state index in [0.717, 1.165) is 80.1 Å². The zero-order valence-corrected chi connectivity index (χ0v) is 15.5. The SMILES string of the molecule is CN(C)CCCn1c(CCCCCN)nc2cc3c(cc21)OCCO3. The quantitative estimate of drug-likeness (QED) is 0.707. The van der Waals surface area contributed by atoms with E-state index in [2.05, 4.69) is 29.6 Å². The van der Waals surface area contributed by atoms with Crippen LogP contribution in [0.15, 0.2) is 12.1 Å². The molecule has 0 bridgehead atoms. The zero-order chi connectivity index (χ0) is 17.6. The Morgan fingerprint density at radius 1 is 1.08 bits per heavy atom. The number of nitrogens with zero attached hydrogens (tertiary/aromatic N) is 3. The Morgan fingerprint density at radius 2 is 1.84 bits per heavy atom. The number of ether oxygens (including phenoxy) is 2. The van der Waals surface area contributed by atoms with Crippen LogP contribution >= 0.6 is 0 Å². The summed E-state index contributed by atoms with van der Waals surface area (Å²) in [7, 11) is 4.22. The summed E-state index contributed by atoms with van der Waals surface area (Å²) in [5, 5.41) is 0. The summed E-state index contributed by atoms with van der Waals surface area (Å²) < 4.78 is 13.8. The molecule has 2 aromatic rings. The first kappa shape index (κ1) is 18.0. The standard InChI is InChI=1S/C19H30N4O2/c1-22(2)9-6-10-23-16-14-18-17(24-11-12-25-18)13-15(16)21-19(23)7-4-3-5-8-20/h13-14H,3-12,20H2,1-2H3. The Labute approximate surface area is 149 Å². The third-order valence-corrected chi connectivity index (χ3v) is 4.58. The van der Waals surface area contributed by atoms with Crippen molar-refractivity contribution in [1.29, 1.82) is 0 Å². The molecule has 0 spiro atoms. The van der Waals surface area contributed by atoms with Crippen molar-refractivity contribution in [2.45, 2.75) is 38.6 Å². The maximum atomic E-state index is 5.76. The van der Waals surface area contributed by atoms with E-state index in [1.807, 2.05) is 6.07 Å². The fourth-order valence-electron chi connectivity index (χ4n) is 3.30. The van der Waals surface area contributed by atoms with E-state index >= 15 is 0 Å². The van der Waals surface area contributed by atoms with Crippen LogP contribution in [0.4, 0.5) is 0 Å². The Hall–Kier alpha value is -1.79. The smallest absolute Gasteiger partial charge is 0.163 e. The van der Waals surface area contributed by atoms with Crippen LogP contribution in [0.25, 0.3) is 11.0 Å². The average molecular weight is 346 g/mol. The molecule has 1 aromatic carbocycles. The van der Waals surface area contributed by atoms with Crippen LogP contribution in [0.1, 0.15) is 31.5 Å². The van der Waals surface area contributed by atoms with Gasteiger partial charge in [-0.3, -0.25) is 0 Å². The highest BCUT2D eigenvalue weighted by Gasteiger charge is 2.18. The van der Waals surface area contributed by atoms with E-state index < -0.39 is 0 Å². The minimum atomic E-state index is 0.605. The maximum absolute atomic E-state index is 5.76. The van der Waals surface area contributed by atoms with E-state index in [-0.39, 0.29) is 0 Å². The first-order chi connectivity index (χ1) is 12.2. The van der Waals surface area contributed by atoms with Crippen molar-refractivity contribution in [2.75, 3.05) is 40.4 Å². The van der Waals surface area contributed by atoms with Gasteiger partial charge < -0.3 is 24.7 Å². The highest BCUT2D eigenvalue weighted by atomic mass is 16.6. The normalized spacial score (nSPS) is 13.8. The second-order valence-corrected chi connectivity index (χ2v) is 6.92. The van der Waals surface area contributed by atoms with Crippen molar-refractivity contribution in [2.24, 2.45) is 5.73 Å². The van der Waals surface area contributed by atoms with Gasteiger partial charge in [0.15, 0.2) is 11.5 Å². The molecule has 25 heavy (non-hydrogen) atoms. The summed E-state index contributed by atoms with van der Waals surface area (Å²) in [6.45, 7) is 4.02. The Balaban J connectivity index is 1.85. The number of benzene rings is 1. The Kier molecular flexibility index (Phi) is 6.15. The van der Waals surface area contributed by atoms with Gasteiger partial charge in [-0.25, -0.2) is 4.98 Å². The maximum Gasteiger partial charge on any atom is 0.163 e. The van der Waals surface area contributed by atoms with Gasteiger partial charge in [0.05, 0.1) is 11.0 Å². The lowest BCUT2D eigenvalue weighted by atomic mass is 10.2. The third-order valence-electron chi connectivity index (χ3n) is 4.58. The monoisotopic (exact) mass is 346 g/mol. The molecule has 1 aliphatic rings. The molecule has 0 atom stereocenters. The van der Waals surface area contributed by atoms with Crippen LogP contribution in [0.5, 0.6) is 11.5 Å². The Morgan fingerprint density at radius 3 is 2.56 bits per heavy atom. The van der Waals surface area contributed by atoms with Gasteiger partial charge in [0.2, 0.25) is 0 Å². The lowest BCUT2D eigenvalue weighted by Gasteiger charge is -2.18. The molecule has 6 heteroatoms. The third kappa shape index (κ3) is 4.44. The lowest BCUT2D eigenvalue weighted by Crippen LogP contribution is -2.16. The van der Waals surface area contributed by atoms with E-state index in [0.29, 0.717) is 13.2 Å². The second kappa shape index (κ2) is 8.54. The second-order valence-electron chi connectivity index (χ2n) is 6.92. The summed E-state index contributed by atoms with van der Waals surface area (Å²) in [6.07, 6.45) is 5.45. The topological polar surface area (TPSA) is 65.5 Å². The first-order valence-electron chi connectivity index (χ1n) is 9.32. The van der Waals surface area contributed by atoms with Gasteiger partial charge in [-0.15, -0.1) is 0 Å². The van der Waals surface area contributed by atoms with Gasteiger partial charge in [-0.2, -0.15) is 0 Å². The molecule has 2 N–H and O–H groups in total.